The van der Waals surface area contributed by atoms with Crippen molar-refractivity contribution >= 4 is 15.9 Å². The number of methoxy groups -OCH3 is 1. The second-order valence-electron chi connectivity index (χ2n) is 4.82. The van der Waals surface area contributed by atoms with Gasteiger partial charge in [-0.1, -0.05) is 19.3 Å². The predicted molar refractivity (Wildman–Crippen MR) is 71.1 cm³/mol. The molecule has 4 N–H and O–H groups in total. The minimum atomic E-state index is -3.41. The molecule has 0 aromatic heterocycles. The Kier molecular flexibility index (Phi) is 5.55. The quantitative estimate of drug-likeness (QED) is 0.359. The Morgan fingerprint density at radius 3 is 2.50 bits per heavy atom. The van der Waals surface area contributed by atoms with Gasteiger partial charge in [0.25, 0.3) is 0 Å². The van der Waals surface area contributed by atoms with E-state index in [1.807, 2.05) is 0 Å². The number of rotatable bonds is 7. The summed E-state index contributed by atoms with van der Waals surface area (Å²) in [6.45, 7) is 0.411. The standard InChI is InChI=1S/C11H23N3O3S/c1-17-8-5-9-18(15,16)14-11(10(12)13)6-3-2-4-7-11/h14H,2-9H2,1H3,(H3,12,13). The summed E-state index contributed by atoms with van der Waals surface area (Å²) in [4.78, 5) is 0. The van der Waals surface area contributed by atoms with Crippen LogP contribution < -0.4 is 10.5 Å². The molecule has 1 fully saturated rings. The highest BCUT2D eigenvalue weighted by molar-refractivity contribution is 7.89. The average molecular weight is 277 g/mol. The maximum absolute atomic E-state index is 12.0. The van der Waals surface area contributed by atoms with Gasteiger partial charge in [0.05, 0.1) is 11.3 Å². The van der Waals surface area contributed by atoms with E-state index in [0.29, 0.717) is 25.9 Å². The summed E-state index contributed by atoms with van der Waals surface area (Å²) in [6.07, 6.45) is 4.55. The number of nitrogens with two attached hydrogens (primary N) is 1. The molecule has 0 aliphatic heterocycles. The first-order valence-electron chi connectivity index (χ1n) is 6.27. The molecule has 0 spiro atoms. The number of amidine groups is 1. The van der Waals surface area contributed by atoms with Crippen molar-refractivity contribution in [2.75, 3.05) is 19.5 Å². The monoisotopic (exact) mass is 277 g/mol. The van der Waals surface area contributed by atoms with E-state index >= 15 is 0 Å². The van der Waals surface area contributed by atoms with Gasteiger partial charge < -0.3 is 10.5 Å². The molecule has 18 heavy (non-hydrogen) atoms. The lowest BCUT2D eigenvalue weighted by Gasteiger charge is -2.36. The summed E-state index contributed by atoms with van der Waals surface area (Å²) in [7, 11) is -1.87. The molecule has 0 amide bonds. The highest BCUT2D eigenvalue weighted by atomic mass is 32.2. The zero-order valence-corrected chi connectivity index (χ0v) is 11.7. The maximum Gasteiger partial charge on any atom is 0.212 e. The fourth-order valence-corrected chi connectivity index (χ4v) is 3.83. The molecular weight excluding hydrogens is 254 g/mol. The van der Waals surface area contributed by atoms with Gasteiger partial charge in [0, 0.05) is 13.7 Å². The Balaban J connectivity index is 2.68. The van der Waals surface area contributed by atoms with Gasteiger partial charge in [-0.05, 0) is 19.3 Å². The van der Waals surface area contributed by atoms with E-state index in [9.17, 15) is 8.42 Å². The average Bonchev–Trinajstić information content (AvgIpc) is 2.29. The van der Waals surface area contributed by atoms with Crippen LogP contribution in [0.25, 0.3) is 0 Å². The lowest BCUT2D eigenvalue weighted by Crippen LogP contribution is -2.58. The first-order valence-corrected chi connectivity index (χ1v) is 7.92. The van der Waals surface area contributed by atoms with Crippen molar-refractivity contribution in [3.05, 3.63) is 0 Å². The van der Waals surface area contributed by atoms with Crippen molar-refractivity contribution in [2.45, 2.75) is 44.1 Å². The molecule has 0 bridgehead atoms. The predicted octanol–water partition coefficient (Wildman–Crippen LogP) is 0.581. The zero-order valence-electron chi connectivity index (χ0n) is 10.9. The van der Waals surface area contributed by atoms with Crippen molar-refractivity contribution in [2.24, 2.45) is 5.73 Å². The van der Waals surface area contributed by atoms with Crippen molar-refractivity contribution < 1.29 is 13.2 Å². The fraction of sp³-hybridized carbons (Fsp3) is 0.909. The van der Waals surface area contributed by atoms with Crippen LogP contribution in [0.2, 0.25) is 0 Å². The summed E-state index contributed by atoms with van der Waals surface area (Å²) in [6, 6.07) is 0. The Labute approximate surface area is 109 Å². The van der Waals surface area contributed by atoms with Crippen LogP contribution in [0.15, 0.2) is 0 Å². The molecule has 0 aromatic carbocycles. The van der Waals surface area contributed by atoms with Crippen molar-refractivity contribution in [3.63, 3.8) is 0 Å². The molecule has 0 aromatic rings. The summed E-state index contributed by atoms with van der Waals surface area (Å²) in [5, 5.41) is 7.66. The van der Waals surface area contributed by atoms with Crippen LogP contribution in [-0.2, 0) is 14.8 Å². The van der Waals surface area contributed by atoms with Gasteiger partial charge in [0.15, 0.2) is 0 Å². The third-order valence-corrected chi connectivity index (χ3v) is 4.86. The van der Waals surface area contributed by atoms with E-state index in [1.54, 1.807) is 0 Å². The second kappa shape index (κ2) is 6.49. The van der Waals surface area contributed by atoms with Gasteiger partial charge in [-0.25, -0.2) is 13.1 Å². The second-order valence-corrected chi connectivity index (χ2v) is 6.67. The number of ether oxygens (including phenoxy) is 1. The number of hydrogen-bond donors (Lipinski definition) is 3. The van der Waals surface area contributed by atoms with E-state index in [-0.39, 0.29) is 11.6 Å². The van der Waals surface area contributed by atoms with Crippen LogP contribution in [0.1, 0.15) is 38.5 Å². The third kappa shape index (κ3) is 4.22. The molecule has 6 nitrogen and oxygen atoms in total. The Bertz CT molecular complexity index is 375. The zero-order chi connectivity index (χ0) is 13.6. The molecule has 0 radical (unpaired) electrons. The molecule has 106 valence electrons. The van der Waals surface area contributed by atoms with Crippen LogP contribution in [-0.4, -0.2) is 39.3 Å². The first-order chi connectivity index (χ1) is 8.42. The molecule has 1 rings (SSSR count). The molecular formula is C11H23N3O3S. The topological polar surface area (TPSA) is 105 Å². The minimum Gasteiger partial charge on any atom is -0.386 e. The first kappa shape index (κ1) is 15.4. The van der Waals surface area contributed by atoms with E-state index in [0.717, 1.165) is 19.3 Å². The molecule has 1 aliphatic carbocycles. The SMILES string of the molecule is COCCCS(=O)(=O)NC1(C(=N)N)CCCCC1. The molecule has 0 heterocycles. The lowest BCUT2D eigenvalue weighted by atomic mass is 9.82. The van der Waals surface area contributed by atoms with E-state index in [1.165, 1.54) is 7.11 Å². The molecule has 0 saturated heterocycles. The number of hydrogen-bond acceptors (Lipinski definition) is 4. The number of nitrogens with one attached hydrogen (secondary N) is 2. The van der Waals surface area contributed by atoms with E-state index < -0.39 is 15.6 Å². The summed E-state index contributed by atoms with van der Waals surface area (Å²) in [5.74, 6) is -0.0620. The van der Waals surface area contributed by atoms with Gasteiger partial charge in [0.1, 0.15) is 5.84 Å². The minimum absolute atomic E-state index is 0.00979. The van der Waals surface area contributed by atoms with Crippen LogP contribution in [0.5, 0.6) is 0 Å². The molecule has 1 aliphatic rings. The fourth-order valence-electron chi connectivity index (χ4n) is 2.32. The highest BCUT2D eigenvalue weighted by Gasteiger charge is 2.38. The molecule has 7 heteroatoms. The Hall–Kier alpha value is -0.660. The molecule has 0 unspecified atom stereocenters. The Morgan fingerprint density at radius 1 is 1.39 bits per heavy atom. The van der Waals surface area contributed by atoms with Gasteiger partial charge >= 0.3 is 0 Å². The van der Waals surface area contributed by atoms with Crippen LogP contribution in [0.4, 0.5) is 0 Å². The van der Waals surface area contributed by atoms with Crippen LogP contribution >= 0.6 is 0 Å². The highest BCUT2D eigenvalue weighted by Crippen LogP contribution is 2.28. The largest absolute Gasteiger partial charge is 0.386 e. The number of sulfonamides is 1. The van der Waals surface area contributed by atoms with Crippen molar-refractivity contribution in [3.8, 4) is 0 Å². The van der Waals surface area contributed by atoms with Gasteiger partial charge in [-0.2, -0.15) is 0 Å². The molecule has 0 atom stereocenters. The summed E-state index contributed by atoms with van der Waals surface area (Å²) >= 11 is 0. The molecule has 1 saturated carbocycles. The van der Waals surface area contributed by atoms with E-state index in [4.69, 9.17) is 15.9 Å². The maximum atomic E-state index is 12.0. The third-order valence-electron chi connectivity index (χ3n) is 3.34. The van der Waals surface area contributed by atoms with Crippen LogP contribution in [0, 0.1) is 5.41 Å². The van der Waals surface area contributed by atoms with Crippen molar-refractivity contribution in [1.82, 2.24) is 4.72 Å². The van der Waals surface area contributed by atoms with Crippen molar-refractivity contribution in [1.29, 1.82) is 5.41 Å². The van der Waals surface area contributed by atoms with Gasteiger partial charge in [-0.3, -0.25) is 5.41 Å². The van der Waals surface area contributed by atoms with Gasteiger partial charge in [-0.15, -0.1) is 0 Å². The smallest absolute Gasteiger partial charge is 0.212 e. The normalized spacial score (nSPS) is 19.6. The Morgan fingerprint density at radius 2 is 2.00 bits per heavy atom. The lowest BCUT2D eigenvalue weighted by molar-refractivity contribution is 0.199. The summed E-state index contributed by atoms with van der Waals surface area (Å²) in [5.41, 5.74) is 4.74. The van der Waals surface area contributed by atoms with Gasteiger partial charge in [0.2, 0.25) is 10.0 Å². The van der Waals surface area contributed by atoms with E-state index in [2.05, 4.69) is 4.72 Å². The van der Waals surface area contributed by atoms with Crippen LogP contribution in [0.3, 0.4) is 0 Å². The summed E-state index contributed by atoms with van der Waals surface area (Å²) < 4.78 is 31.4.